The molecule has 1 aliphatic heterocycles. The highest BCUT2D eigenvalue weighted by molar-refractivity contribution is 7.16. The lowest BCUT2D eigenvalue weighted by molar-refractivity contribution is 0.136. The summed E-state index contributed by atoms with van der Waals surface area (Å²) >= 11 is 7.22. The van der Waals surface area contributed by atoms with E-state index in [0.29, 0.717) is 4.34 Å². The van der Waals surface area contributed by atoms with Crippen LogP contribution in [-0.2, 0) is 4.74 Å². The first-order valence-corrected chi connectivity index (χ1v) is 5.08. The number of hydrogen-bond donors (Lipinski definition) is 1. The molecule has 13 heavy (non-hydrogen) atoms. The molecule has 0 spiro atoms. The molecule has 1 aromatic rings. The molecule has 1 fully saturated rings. The van der Waals surface area contributed by atoms with Crippen LogP contribution in [-0.4, -0.2) is 12.1 Å². The summed E-state index contributed by atoms with van der Waals surface area (Å²) in [5.41, 5.74) is 0. The highest BCUT2D eigenvalue weighted by Crippen LogP contribution is 2.33. The molecule has 0 unspecified atom stereocenters. The Kier molecular flexibility index (Phi) is 2.17. The molecular formula is C8H8ClNO2S. The first-order chi connectivity index (χ1) is 6.16. The fourth-order valence-electron chi connectivity index (χ4n) is 1.30. The number of carbonyl (C=O) groups excluding carboxylic acids is 1. The maximum atomic E-state index is 10.9. The lowest BCUT2D eigenvalue weighted by Crippen LogP contribution is -2.23. The largest absolute Gasteiger partial charge is 0.438 e. The van der Waals surface area contributed by atoms with Gasteiger partial charge in [0.25, 0.3) is 0 Å². The van der Waals surface area contributed by atoms with Crippen molar-refractivity contribution in [3.63, 3.8) is 0 Å². The number of cyclic esters (lactones) is 1. The first-order valence-electron chi connectivity index (χ1n) is 3.89. The van der Waals surface area contributed by atoms with Crippen LogP contribution in [0.15, 0.2) is 12.1 Å². The quantitative estimate of drug-likeness (QED) is 0.785. The highest BCUT2D eigenvalue weighted by atomic mass is 35.5. The molecule has 1 aromatic heterocycles. The number of nitrogens with one attached hydrogen (secondary N) is 1. The molecular weight excluding hydrogens is 210 g/mol. The van der Waals surface area contributed by atoms with Crippen LogP contribution < -0.4 is 5.32 Å². The predicted octanol–water partition coefficient (Wildman–Crippen LogP) is 2.57. The summed E-state index contributed by atoms with van der Waals surface area (Å²) < 4.78 is 5.79. The number of halogens is 1. The van der Waals surface area contributed by atoms with Gasteiger partial charge in [-0.1, -0.05) is 11.6 Å². The SMILES string of the molecule is C[C@@H]1NC(=O)O[C@H]1c1ccc(Cl)s1. The third-order valence-corrected chi connectivity index (χ3v) is 3.20. The molecule has 70 valence electrons. The lowest BCUT2D eigenvalue weighted by Gasteiger charge is -2.09. The molecule has 1 saturated heterocycles. The summed E-state index contributed by atoms with van der Waals surface area (Å²) in [6.07, 6.45) is -0.549. The van der Waals surface area contributed by atoms with E-state index in [1.807, 2.05) is 13.0 Å². The van der Waals surface area contributed by atoms with E-state index < -0.39 is 0 Å². The number of ether oxygens (including phenoxy) is 1. The Morgan fingerprint density at radius 2 is 2.38 bits per heavy atom. The summed E-state index contributed by atoms with van der Waals surface area (Å²) in [5.74, 6) is 0. The highest BCUT2D eigenvalue weighted by Gasteiger charge is 2.32. The summed E-state index contributed by atoms with van der Waals surface area (Å²) in [7, 11) is 0. The number of thiophene rings is 1. The molecule has 1 aliphatic rings. The van der Waals surface area contributed by atoms with Gasteiger partial charge in [0.15, 0.2) is 6.10 Å². The summed E-state index contributed by atoms with van der Waals surface area (Å²) in [6, 6.07) is 3.71. The van der Waals surface area contributed by atoms with E-state index in [-0.39, 0.29) is 18.2 Å². The van der Waals surface area contributed by atoms with Crippen LogP contribution in [0.2, 0.25) is 4.34 Å². The van der Waals surface area contributed by atoms with Gasteiger partial charge in [-0.2, -0.15) is 0 Å². The number of carbonyl (C=O) groups is 1. The van der Waals surface area contributed by atoms with Crippen molar-refractivity contribution < 1.29 is 9.53 Å². The topological polar surface area (TPSA) is 38.3 Å². The van der Waals surface area contributed by atoms with Crippen LogP contribution in [0.1, 0.15) is 17.9 Å². The van der Waals surface area contributed by atoms with E-state index in [1.54, 1.807) is 6.07 Å². The zero-order valence-electron chi connectivity index (χ0n) is 6.91. The van der Waals surface area contributed by atoms with Gasteiger partial charge in [-0.25, -0.2) is 4.79 Å². The Labute approximate surface area is 84.7 Å². The van der Waals surface area contributed by atoms with Crippen molar-refractivity contribution in [1.29, 1.82) is 0 Å². The van der Waals surface area contributed by atoms with Gasteiger partial charge < -0.3 is 10.1 Å². The normalized spacial score (nSPS) is 27.1. The van der Waals surface area contributed by atoms with Gasteiger partial charge in [0.05, 0.1) is 10.4 Å². The van der Waals surface area contributed by atoms with E-state index in [9.17, 15) is 4.79 Å². The molecule has 0 saturated carbocycles. The summed E-state index contributed by atoms with van der Waals surface area (Å²) in [4.78, 5) is 11.9. The van der Waals surface area contributed by atoms with E-state index in [0.717, 1.165) is 4.88 Å². The van der Waals surface area contributed by atoms with Crippen molar-refractivity contribution in [1.82, 2.24) is 5.32 Å². The Morgan fingerprint density at radius 1 is 1.62 bits per heavy atom. The summed E-state index contributed by atoms with van der Waals surface area (Å²) in [6.45, 7) is 1.91. The van der Waals surface area contributed by atoms with Crippen molar-refractivity contribution in [3.8, 4) is 0 Å². The van der Waals surface area contributed by atoms with Crippen LogP contribution in [0.25, 0.3) is 0 Å². The van der Waals surface area contributed by atoms with E-state index in [1.165, 1.54) is 11.3 Å². The second-order valence-electron chi connectivity index (χ2n) is 2.90. The van der Waals surface area contributed by atoms with Gasteiger partial charge in [0, 0.05) is 4.88 Å². The second-order valence-corrected chi connectivity index (χ2v) is 4.65. The maximum absolute atomic E-state index is 10.9. The number of rotatable bonds is 1. The van der Waals surface area contributed by atoms with E-state index >= 15 is 0 Å². The maximum Gasteiger partial charge on any atom is 0.408 e. The molecule has 2 rings (SSSR count). The Morgan fingerprint density at radius 3 is 2.85 bits per heavy atom. The minimum atomic E-state index is -0.359. The predicted molar refractivity (Wildman–Crippen MR) is 51.1 cm³/mol. The molecule has 0 aromatic carbocycles. The van der Waals surface area contributed by atoms with Crippen molar-refractivity contribution in [2.45, 2.75) is 19.1 Å². The molecule has 3 nitrogen and oxygen atoms in total. The van der Waals surface area contributed by atoms with E-state index in [4.69, 9.17) is 16.3 Å². The standard InChI is InChI=1S/C8H8ClNO2S/c1-4-7(12-8(11)10-4)5-2-3-6(9)13-5/h2-4,7H,1H3,(H,10,11)/t4-,7+/m0/s1. The molecule has 1 N–H and O–H groups in total. The van der Waals surface area contributed by atoms with Gasteiger partial charge in [-0.3, -0.25) is 0 Å². The van der Waals surface area contributed by atoms with Crippen LogP contribution in [0.5, 0.6) is 0 Å². The molecule has 0 radical (unpaired) electrons. The molecule has 0 aliphatic carbocycles. The zero-order valence-corrected chi connectivity index (χ0v) is 8.48. The monoisotopic (exact) mass is 217 g/mol. The van der Waals surface area contributed by atoms with E-state index in [2.05, 4.69) is 5.32 Å². The van der Waals surface area contributed by atoms with Gasteiger partial charge in [-0.05, 0) is 19.1 Å². The zero-order chi connectivity index (χ0) is 9.42. The Hall–Kier alpha value is -0.740. The van der Waals surface area contributed by atoms with Crippen molar-refractivity contribution >= 4 is 29.0 Å². The number of amides is 1. The van der Waals surface area contributed by atoms with Gasteiger partial charge in [0.2, 0.25) is 0 Å². The third-order valence-electron chi connectivity index (χ3n) is 1.91. The molecule has 5 heteroatoms. The van der Waals surface area contributed by atoms with Gasteiger partial charge in [-0.15, -0.1) is 11.3 Å². The average molecular weight is 218 g/mol. The van der Waals surface area contributed by atoms with Crippen LogP contribution in [0.4, 0.5) is 4.79 Å². The van der Waals surface area contributed by atoms with Crippen molar-refractivity contribution in [2.24, 2.45) is 0 Å². The van der Waals surface area contributed by atoms with Crippen molar-refractivity contribution in [2.75, 3.05) is 0 Å². The fourth-order valence-corrected chi connectivity index (χ4v) is 2.49. The van der Waals surface area contributed by atoms with Crippen LogP contribution in [0.3, 0.4) is 0 Å². The first kappa shape index (κ1) is 8.84. The molecule has 1 amide bonds. The molecule has 0 bridgehead atoms. The van der Waals surface area contributed by atoms with Crippen LogP contribution in [0, 0.1) is 0 Å². The molecule has 2 heterocycles. The number of hydrogen-bond acceptors (Lipinski definition) is 3. The Balaban J connectivity index is 2.22. The average Bonchev–Trinajstić information content (AvgIpc) is 2.58. The van der Waals surface area contributed by atoms with Gasteiger partial charge in [0.1, 0.15) is 0 Å². The van der Waals surface area contributed by atoms with Crippen LogP contribution >= 0.6 is 22.9 Å². The fraction of sp³-hybridized carbons (Fsp3) is 0.375. The smallest absolute Gasteiger partial charge is 0.408 e. The minimum absolute atomic E-state index is 0.0159. The second kappa shape index (κ2) is 3.20. The lowest BCUT2D eigenvalue weighted by atomic mass is 10.2. The number of alkyl carbamates (subject to hydrolysis) is 1. The summed E-state index contributed by atoms with van der Waals surface area (Å²) in [5, 5.41) is 2.68. The van der Waals surface area contributed by atoms with Crippen molar-refractivity contribution in [3.05, 3.63) is 21.3 Å². The van der Waals surface area contributed by atoms with Gasteiger partial charge >= 0.3 is 6.09 Å². The minimum Gasteiger partial charge on any atom is -0.438 e. The Bertz CT molecular complexity index is 339. The third kappa shape index (κ3) is 1.64. The molecule has 2 atom stereocenters.